The lowest BCUT2D eigenvalue weighted by Gasteiger charge is -2.20. The molecule has 1 saturated heterocycles. The summed E-state index contributed by atoms with van der Waals surface area (Å²) >= 11 is 0. The van der Waals surface area contributed by atoms with Gasteiger partial charge in [-0.1, -0.05) is 15.9 Å². The molecule has 58 valence electrons. The van der Waals surface area contributed by atoms with Crippen LogP contribution in [-0.4, -0.2) is 16.6 Å². The zero-order valence-electron chi connectivity index (χ0n) is 6.13. The van der Waals surface area contributed by atoms with Crippen molar-refractivity contribution in [3.8, 4) is 0 Å². The average molecular weight is 177 g/mol. The first-order valence-electron chi connectivity index (χ1n) is 3.58. The van der Waals surface area contributed by atoms with Gasteiger partial charge in [0, 0.05) is 12.5 Å². The Kier molecular flexibility index (Phi) is 3.07. The highest BCUT2D eigenvalue weighted by atomic mass is 32.0. The van der Waals surface area contributed by atoms with Crippen molar-refractivity contribution in [1.82, 2.24) is 4.67 Å². The number of carbonyl (C=O) groups is 1. The van der Waals surface area contributed by atoms with Crippen LogP contribution in [-0.2, 0) is 4.79 Å². The number of carbonyl (C=O) groups excluding carboxylic acids is 1. The molecule has 0 spiro atoms. The zero-order chi connectivity index (χ0) is 7.56. The maximum absolute atomic E-state index is 11.1. The highest BCUT2D eigenvalue weighted by molar-refractivity contribution is 8.01. The molecular formula is C6H13NOP2. The van der Waals surface area contributed by atoms with Crippen molar-refractivity contribution in [3.63, 3.8) is 0 Å². The van der Waals surface area contributed by atoms with Gasteiger partial charge in [-0.2, -0.15) is 0 Å². The minimum Gasteiger partial charge on any atom is -0.318 e. The fraction of sp³-hybridized carbons (Fsp3) is 0.833. The molecule has 2 nitrogen and oxygen atoms in total. The Morgan fingerprint density at radius 1 is 1.90 bits per heavy atom. The van der Waals surface area contributed by atoms with Crippen LogP contribution < -0.4 is 0 Å². The first-order valence-corrected chi connectivity index (χ1v) is 6.33. The van der Waals surface area contributed by atoms with Gasteiger partial charge in [-0.15, -0.1) is 0 Å². The van der Waals surface area contributed by atoms with E-state index in [9.17, 15) is 4.79 Å². The fourth-order valence-corrected chi connectivity index (χ4v) is 3.15. The summed E-state index contributed by atoms with van der Waals surface area (Å²) in [4.78, 5) is 11.1. The van der Waals surface area contributed by atoms with Gasteiger partial charge >= 0.3 is 0 Å². The number of nitrogens with zero attached hydrogens (tertiary/aromatic N) is 1. The van der Waals surface area contributed by atoms with Crippen molar-refractivity contribution in [3.05, 3.63) is 0 Å². The Labute approximate surface area is 65.7 Å². The monoisotopic (exact) mass is 177 g/mol. The molecule has 0 bridgehead atoms. The largest absolute Gasteiger partial charge is 0.318 e. The molecule has 1 aliphatic heterocycles. The lowest BCUT2D eigenvalue weighted by atomic mass is 10.2. The average Bonchev–Trinajstić information content (AvgIpc) is 2.30. The van der Waals surface area contributed by atoms with Gasteiger partial charge in [0.25, 0.3) is 0 Å². The van der Waals surface area contributed by atoms with Crippen molar-refractivity contribution in [1.29, 1.82) is 0 Å². The smallest absolute Gasteiger partial charge is 0.226 e. The summed E-state index contributed by atoms with van der Waals surface area (Å²) in [7, 11) is 3.21. The van der Waals surface area contributed by atoms with E-state index in [-0.39, 0.29) is 0 Å². The fourth-order valence-electron chi connectivity index (χ4n) is 1.31. The number of rotatable bonds is 2. The van der Waals surface area contributed by atoms with Crippen LogP contribution in [0.15, 0.2) is 0 Å². The second-order valence-electron chi connectivity index (χ2n) is 2.49. The van der Waals surface area contributed by atoms with E-state index in [0.29, 0.717) is 20.4 Å². The standard InChI is InChI=1S/C6H13NOP2/c1-2-5-3-4-6(8)7(5)10-9/h5,10H,2-4,9H2,1H3/t5-/m1/s1. The molecule has 0 aliphatic carbocycles. The first kappa shape index (κ1) is 8.43. The summed E-state index contributed by atoms with van der Waals surface area (Å²) in [6.07, 6.45) is 2.93. The van der Waals surface area contributed by atoms with Crippen molar-refractivity contribution in [2.75, 3.05) is 0 Å². The predicted molar refractivity (Wildman–Crippen MR) is 48.2 cm³/mol. The summed E-state index contributed by atoms with van der Waals surface area (Å²) in [5.41, 5.74) is 0. The third-order valence-electron chi connectivity index (χ3n) is 1.94. The van der Waals surface area contributed by atoms with Crippen molar-refractivity contribution >= 4 is 23.3 Å². The molecule has 10 heavy (non-hydrogen) atoms. The Balaban J connectivity index is 2.54. The second kappa shape index (κ2) is 3.64. The summed E-state index contributed by atoms with van der Waals surface area (Å²) in [5.74, 6) is 0.334. The lowest BCUT2D eigenvalue weighted by Crippen LogP contribution is -2.22. The Morgan fingerprint density at radius 2 is 2.60 bits per heavy atom. The molecule has 1 heterocycles. The summed E-state index contributed by atoms with van der Waals surface area (Å²) < 4.78 is 1.98. The Hall–Kier alpha value is 0.330. The lowest BCUT2D eigenvalue weighted by molar-refractivity contribution is -0.124. The van der Waals surface area contributed by atoms with E-state index in [4.69, 9.17) is 0 Å². The molecular weight excluding hydrogens is 164 g/mol. The molecule has 1 aliphatic rings. The van der Waals surface area contributed by atoms with E-state index in [1.54, 1.807) is 0 Å². The van der Waals surface area contributed by atoms with Crippen LogP contribution in [0.25, 0.3) is 0 Å². The van der Waals surface area contributed by atoms with Gasteiger partial charge in [0.05, 0.1) is 0 Å². The van der Waals surface area contributed by atoms with E-state index in [1.165, 1.54) is 0 Å². The molecule has 0 aromatic rings. The predicted octanol–water partition coefficient (Wildman–Crippen LogP) is 1.77. The molecule has 0 radical (unpaired) electrons. The van der Waals surface area contributed by atoms with Crippen LogP contribution >= 0.6 is 17.3 Å². The van der Waals surface area contributed by atoms with Gasteiger partial charge in [0.2, 0.25) is 5.91 Å². The number of hydrogen-bond acceptors (Lipinski definition) is 1. The Morgan fingerprint density at radius 3 is 3.00 bits per heavy atom. The van der Waals surface area contributed by atoms with E-state index < -0.39 is 0 Å². The Bertz CT molecular complexity index is 140. The van der Waals surface area contributed by atoms with Gasteiger partial charge in [0.15, 0.2) is 0 Å². The minimum atomic E-state index is 0.334. The SMILES string of the molecule is CC[C@@H]1CCC(=O)N1PP. The highest BCUT2D eigenvalue weighted by Crippen LogP contribution is 2.36. The molecule has 1 amide bonds. The summed E-state index contributed by atoms with van der Waals surface area (Å²) in [5, 5.41) is 0. The second-order valence-corrected chi connectivity index (χ2v) is 4.01. The summed E-state index contributed by atoms with van der Waals surface area (Å²) in [6.45, 7) is 2.14. The molecule has 1 fully saturated rings. The van der Waals surface area contributed by atoms with Gasteiger partial charge in [0.1, 0.15) is 0 Å². The summed E-state index contributed by atoms with van der Waals surface area (Å²) in [6, 6.07) is 0.531. The topological polar surface area (TPSA) is 20.3 Å². The van der Waals surface area contributed by atoms with Gasteiger partial charge < -0.3 is 4.67 Å². The molecule has 2 unspecified atom stereocenters. The third-order valence-corrected chi connectivity index (χ3v) is 3.66. The quantitative estimate of drug-likeness (QED) is 0.588. The molecule has 3 atom stereocenters. The number of hydrogen-bond donors (Lipinski definition) is 0. The molecule has 4 heteroatoms. The van der Waals surface area contributed by atoms with Crippen LogP contribution in [0.2, 0.25) is 0 Å². The number of amides is 1. The van der Waals surface area contributed by atoms with E-state index >= 15 is 0 Å². The van der Waals surface area contributed by atoms with Crippen LogP contribution in [0.5, 0.6) is 0 Å². The van der Waals surface area contributed by atoms with E-state index in [2.05, 4.69) is 15.9 Å². The molecule has 0 N–H and O–H groups in total. The zero-order valence-corrected chi connectivity index (χ0v) is 8.29. The minimum absolute atomic E-state index is 0.334. The molecule has 0 aromatic carbocycles. The molecule has 0 aromatic heterocycles. The first-order chi connectivity index (χ1) is 4.79. The van der Waals surface area contributed by atoms with Crippen LogP contribution in [0.4, 0.5) is 0 Å². The van der Waals surface area contributed by atoms with E-state index in [1.807, 2.05) is 4.67 Å². The third kappa shape index (κ3) is 1.49. The van der Waals surface area contributed by atoms with Gasteiger partial charge in [-0.25, -0.2) is 0 Å². The molecule has 0 saturated carbocycles. The highest BCUT2D eigenvalue weighted by Gasteiger charge is 2.27. The van der Waals surface area contributed by atoms with Crippen molar-refractivity contribution in [2.24, 2.45) is 0 Å². The normalized spacial score (nSPS) is 27.2. The van der Waals surface area contributed by atoms with Gasteiger partial charge in [-0.05, 0) is 21.3 Å². The van der Waals surface area contributed by atoms with Crippen molar-refractivity contribution < 1.29 is 4.79 Å². The van der Waals surface area contributed by atoms with E-state index in [0.717, 1.165) is 19.3 Å². The van der Waals surface area contributed by atoms with Gasteiger partial charge in [-0.3, -0.25) is 4.79 Å². The maximum atomic E-state index is 11.1. The van der Waals surface area contributed by atoms with Crippen LogP contribution in [0.1, 0.15) is 26.2 Å². The maximum Gasteiger partial charge on any atom is 0.226 e. The molecule has 1 rings (SSSR count). The van der Waals surface area contributed by atoms with Crippen LogP contribution in [0.3, 0.4) is 0 Å². The van der Waals surface area contributed by atoms with Crippen LogP contribution in [0, 0.1) is 0 Å². The van der Waals surface area contributed by atoms with Crippen molar-refractivity contribution in [2.45, 2.75) is 32.2 Å².